The number of hydrogen-bond acceptors (Lipinski definition) is 4. The molecule has 2 rings (SSSR count). The van der Waals surface area contributed by atoms with Crippen LogP contribution in [-0.4, -0.2) is 9.97 Å². The zero-order valence-electron chi connectivity index (χ0n) is 9.04. The number of aryl methyl sites for hydroxylation is 2. The van der Waals surface area contributed by atoms with Gasteiger partial charge >= 0.3 is 0 Å². The molecule has 6 heteroatoms. The van der Waals surface area contributed by atoms with E-state index in [4.69, 9.17) is 23.2 Å². The summed E-state index contributed by atoms with van der Waals surface area (Å²) in [4.78, 5) is 8.23. The van der Waals surface area contributed by atoms with Gasteiger partial charge in [0, 0.05) is 10.8 Å². The molecule has 0 atom stereocenters. The molecule has 2 aromatic heterocycles. The monoisotopic (exact) mass is 294 g/mol. The number of aromatic nitrogens is 2. The van der Waals surface area contributed by atoms with Crippen LogP contribution in [0.2, 0.25) is 0 Å². The molecular weight excluding hydrogens is 283 g/mol. The van der Waals surface area contributed by atoms with Crippen LogP contribution in [0.25, 0.3) is 0 Å². The summed E-state index contributed by atoms with van der Waals surface area (Å²) in [6.07, 6.45) is 0. The summed E-state index contributed by atoms with van der Waals surface area (Å²) < 4.78 is 0. The van der Waals surface area contributed by atoms with E-state index in [0.29, 0.717) is 11.8 Å². The molecule has 0 bridgehead atoms. The van der Waals surface area contributed by atoms with E-state index in [9.17, 15) is 0 Å². The second kappa shape index (κ2) is 7.22. The smallest absolute Gasteiger partial charge is 0.0897 e. The first kappa shape index (κ1) is 13.9. The Bertz CT molecular complexity index is 386. The molecule has 0 aliphatic rings. The maximum atomic E-state index is 5.48. The Morgan fingerprint density at radius 3 is 1.44 bits per heavy atom. The average Bonchev–Trinajstić information content (AvgIpc) is 2.88. The normalized spacial score (nSPS) is 9.75. The highest BCUT2D eigenvalue weighted by Gasteiger charge is 1.93. The van der Waals surface area contributed by atoms with Crippen molar-refractivity contribution in [3.8, 4) is 0 Å². The van der Waals surface area contributed by atoms with Gasteiger partial charge in [-0.2, -0.15) is 0 Å². The van der Waals surface area contributed by atoms with E-state index in [1.165, 1.54) is 0 Å². The topological polar surface area (TPSA) is 25.8 Å². The number of rotatable bonds is 2. The van der Waals surface area contributed by atoms with Crippen molar-refractivity contribution in [2.24, 2.45) is 0 Å². The van der Waals surface area contributed by atoms with Crippen LogP contribution in [0.1, 0.15) is 21.4 Å². The van der Waals surface area contributed by atoms with Crippen molar-refractivity contribution >= 4 is 45.9 Å². The molecule has 0 saturated heterocycles. The van der Waals surface area contributed by atoms with Crippen LogP contribution in [0.4, 0.5) is 0 Å². The van der Waals surface area contributed by atoms with Crippen LogP contribution in [-0.2, 0) is 11.8 Å². The molecule has 0 fully saturated rings. The quantitative estimate of drug-likeness (QED) is 0.768. The SMILES string of the molecule is Cc1nc(CCl)cs1.Cc1nc(CCl)cs1. The Kier molecular flexibility index (Phi) is 6.28. The number of hydrogen-bond donors (Lipinski definition) is 0. The molecule has 0 amide bonds. The Morgan fingerprint density at radius 2 is 1.31 bits per heavy atom. The van der Waals surface area contributed by atoms with E-state index >= 15 is 0 Å². The van der Waals surface area contributed by atoms with E-state index in [2.05, 4.69) is 9.97 Å². The van der Waals surface area contributed by atoms with Crippen molar-refractivity contribution in [2.45, 2.75) is 25.6 Å². The van der Waals surface area contributed by atoms with E-state index in [1.54, 1.807) is 22.7 Å². The first-order valence-corrected chi connectivity index (χ1v) is 7.42. The molecule has 0 unspecified atom stereocenters. The van der Waals surface area contributed by atoms with Crippen LogP contribution in [0.3, 0.4) is 0 Å². The summed E-state index contributed by atoms with van der Waals surface area (Å²) >= 11 is 14.2. The van der Waals surface area contributed by atoms with Crippen molar-refractivity contribution in [1.29, 1.82) is 0 Å². The molecule has 0 spiro atoms. The van der Waals surface area contributed by atoms with Gasteiger partial charge in [0.15, 0.2) is 0 Å². The molecule has 88 valence electrons. The Labute approximate surface area is 113 Å². The molecule has 2 nitrogen and oxygen atoms in total. The standard InChI is InChI=1S/2C5H6ClNS/c2*1-4-7-5(2-6)3-8-4/h2*3H,2H2,1H3. The van der Waals surface area contributed by atoms with Gasteiger partial charge < -0.3 is 0 Å². The van der Waals surface area contributed by atoms with Crippen molar-refractivity contribution < 1.29 is 0 Å². The lowest BCUT2D eigenvalue weighted by Gasteiger charge is -1.77. The van der Waals surface area contributed by atoms with Crippen LogP contribution >= 0.6 is 45.9 Å². The van der Waals surface area contributed by atoms with Gasteiger partial charge in [-0.15, -0.1) is 45.9 Å². The minimum Gasteiger partial charge on any atom is -0.245 e. The molecule has 16 heavy (non-hydrogen) atoms. The molecule has 2 heterocycles. The van der Waals surface area contributed by atoms with E-state index in [1.807, 2.05) is 24.6 Å². The summed E-state index contributed by atoms with van der Waals surface area (Å²) in [6, 6.07) is 0. The molecule has 0 N–H and O–H groups in total. The van der Waals surface area contributed by atoms with Crippen molar-refractivity contribution in [2.75, 3.05) is 0 Å². The van der Waals surface area contributed by atoms with Gasteiger partial charge in [-0.1, -0.05) is 0 Å². The highest BCUT2D eigenvalue weighted by Crippen LogP contribution is 2.09. The lowest BCUT2D eigenvalue weighted by molar-refractivity contribution is 1.17. The second-order valence-corrected chi connectivity index (χ2v) is 5.64. The average molecular weight is 295 g/mol. The predicted octanol–water partition coefficient (Wildman–Crippen LogP) is 4.38. The van der Waals surface area contributed by atoms with Gasteiger partial charge in [0.25, 0.3) is 0 Å². The Balaban J connectivity index is 0.000000160. The number of thiazole rings is 2. The fourth-order valence-corrected chi connectivity index (χ4v) is 2.62. The maximum absolute atomic E-state index is 5.48. The zero-order chi connectivity index (χ0) is 12.0. The van der Waals surface area contributed by atoms with Crippen molar-refractivity contribution in [3.05, 3.63) is 32.2 Å². The lowest BCUT2D eigenvalue weighted by atomic mass is 10.6. The fraction of sp³-hybridized carbons (Fsp3) is 0.400. The third-order valence-electron chi connectivity index (χ3n) is 1.61. The lowest BCUT2D eigenvalue weighted by Crippen LogP contribution is -1.74. The maximum Gasteiger partial charge on any atom is 0.0897 e. The first-order chi connectivity index (χ1) is 7.65. The Hall–Kier alpha value is -0.160. The minimum atomic E-state index is 0.532. The number of alkyl halides is 2. The molecule has 0 radical (unpaired) electrons. The Morgan fingerprint density at radius 1 is 0.938 bits per heavy atom. The molecule has 0 aliphatic carbocycles. The fourth-order valence-electron chi connectivity index (χ4n) is 0.939. The van der Waals surface area contributed by atoms with E-state index < -0.39 is 0 Å². The van der Waals surface area contributed by atoms with Gasteiger partial charge in [0.1, 0.15) is 0 Å². The molecular formula is C10H12Cl2N2S2. The number of halogens is 2. The van der Waals surface area contributed by atoms with Crippen LogP contribution < -0.4 is 0 Å². The predicted molar refractivity (Wildman–Crippen MR) is 72.8 cm³/mol. The van der Waals surface area contributed by atoms with Crippen molar-refractivity contribution in [3.63, 3.8) is 0 Å². The molecule has 0 aromatic carbocycles. The number of nitrogens with zero attached hydrogens (tertiary/aromatic N) is 2. The largest absolute Gasteiger partial charge is 0.245 e. The third kappa shape index (κ3) is 4.78. The van der Waals surface area contributed by atoms with Gasteiger partial charge in [-0.05, 0) is 13.8 Å². The van der Waals surface area contributed by atoms with Crippen LogP contribution in [0.15, 0.2) is 10.8 Å². The van der Waals surface area contributed by atoms with Gasteiger partial charge in [-0.3, -0.25) is 0 Å². The summed E-state index contributed by atoms with van der Waals surface area (Å²) in [5, 5.41) is 6.12. The van der Waals surface area contributed by atoms with E-state index in [0.717, 1.165) is 21.4 Å². The second-order valence-electron chi connectivity index (χ2n) is 2.98. The van der Waals surface area contributed by atoms with Crippen molar-refractivity contribution in [1.82, 2.24) is 9.97 Å². The van der Waals surface area contributed by atoms with Gasteiger partial charge in [0.2, 0.25) is 0 Å². The third-order valence-corrected chi connectivity index (χ3v) is 3.80. The van der Waals surface area contributed by atoms with Crippen LogP contribution in [0, 0.1) is 13.8 Å². The van der Waals surface area contributed by atoms with E-state index in [-0.39, 0.29) is 0 Å². The summed E-state index contributed by atoms with van der Waals surface area (Å²) in [6.45, 7) is 3.95. The highest BCUT2D eigenvalue weighted by atomic mass is 35.5. The molecule has 0 saturated carbocycles. The zero-order valence-corrected chi connectivity index (χ0v) is 12.2. The van der Waals surface area contributed by atoms with Crippen LogP contribution in [0.5, 0.6) is 0 Å². The molecule has 0 aliphatic heterocycles. The minimum absolute atomic E-state index is 0.532. The van der Waals surface area contributed by atoms with Gasteiger partial charge in [0.05, 0.1) is 33.2 Å². The summed E-state index contributed by atoms with van der Waals surface area (Å²) in [5.41, 5.74) is 1.96. The summed E-state index contributed by atoms with van der Waals surface area (Å²) in [7, 11) is 0. The molecule has 2 aromatic rings. The van der Waals surface area contributed by atoms with Gasteiger partial charge in [-0.25, -0.2) is 9.97 Å². The first-order valence-electron chi connectivity index (χ1n) is 4.59. The summed E-state index contributed by atoms with van der Waals surface area (Å²) in [5.74, 6) is 1.06. The highest BCUT2D eigenvalue weighted by molar-refractivity contribution is 7.09.